The van der Waals surface area contributed by atoms with Crippen molar-refractivity contribution in [3.05, 3.63) is 90.6 Å². The van der Waals surface area contributed by atoms with Gasteiger partial charge in [-0.05, 0) is 43.9 Å². The fourth-order valence-corrected chi connectivity index (χ4v) is 7.01. The summed E-state index contributed by atoms with van der Waals surface area (Å²) >= 11 is 0. The van der Waals surface area contributed by atoms with E-state index in [0.717, 1.165) is 17.6 Å². The van der Waals surface area contributed by atoms with Crippen LogP contribution in [0, 0.1) is 11.8 Å². The number of nitrogens with zero attached hydrogens (tertiary/aromatic N) is 7. The Morgan fingerprint density at radius 1 is 1.18 bits per heavy atom. The van der Waals surface area contributed by atoms with Gasteiger partial charge in [-0.2, -0.15) is 0 Å². The molecule has 0 radical (unpaired) electrons. The van der Waals surface area contributed by atoms with Crippen LogP contribution in [0.1, 0.15) is 62.8 Å². The molecule has 0 aromatic carbocycles. The lowest BCUT2D eigenvalue weighted by Gasteiger charge is -2.30. The van der Waals surface area contributed by atoms with E-state index in [9.17, 15) is 28.7 Å². The quantitative estimate of drug-likeness (QED) is 0.232. The number of aromatic nitrogens is 6. The van der Waals surface area contributed by atoms with Crippen LogP contribution in [0.4, 0.5) is 4.39 Å². The molecule has 6 heterocycles. The predicted molar refractivity (Wildman–Crippen MR) is 205 cm³/mol. The second kappa shape index (κ2) is 18.8. The van der Waals surface area contributed by atoms with E-state index >= 15 is 0 Å². The van der Waals surface area contributed by atoms with E-state index in [-0.39, 0.29) is 62.3 Å². The highest BCUT2D eigenvalue weighted by molar-refractivity contribution is 5.95. The number of hydrogen-bond acceptors (Lipinski definition) is 11. The molecule has 4 aromatic rings. The SMILES string of the molecule is CC1=C\[C@@H](O)C[C@@H](F)Cc2nc(co2)C(=O)N2CCC[C@@H]2C(=O)O[C@H](C(C)C)[C@H](CC(=O)NCCn2cc(-c3cnc4ccccn34)nn2)/C=C/C(=O)NC\C=C\1. The number of alkyl halides is 1. The van der Waals surface area contributed by atoms with Gasteiger partial charge >= 0.3 is 5.97 Å². The number of allylic oxidation sites excluding steroid dienone is 2. The normalized spacial score (nSPS) is 25.0. The van der Waals surface area contributed by atoms with Crippen molar-refractivity contribution >= 4 is 29.3 Å². The average Bonchev–Trinajstić information content (AvgIpc) is 4.00. The number of aliphatic hydroxyl groups is 1. The fourth-order valence-electron chi connectivity index (χ4n) is 7.01. The number of halogens is 1. The van der Waals surface area contributed by atoms with E-state index in [0.29, 0.717) is 30.7 Å². The minimum atomic E-state index is -1.50. The number of esters is 1. The number of nitrogens with one attached hydrogen (secondary N) is 2. The summed E-state index contributed by atoms with van der Waals surface area (Å²) < 4.78 is 29.9. The molecule has 2 bridgehead atoms. The molecule has 0 aliphatic carbocycles. The minimum absolute atomic E-state index is 0.00627. The lowest BCUT2D eigenvalue weighted by molar-refractivity contribution is -0.159. The van der Waals surface area contributed by atoms with Crippen molar-refractivity contribution in [3.8, 4) is 11.4 Å². The van der Waals surface area contributed by atoms with Crippen molar-refractivity contribution in [1.82, 2.24) is 44.9 Å². The smallest absolute Gasteiger partial charge is 0.329 e. The standard InChI is InChI=1S/C40H48FN9O7/c1-25(2)38-27(19-36(53)43-14-17-48-23-30(46-47-48)33-22-44-34-10-4-5-15-49(33)34)11-12-35(52)42-13-6-8-26(3)18-29(51)20-28(41)21-37-45-31(24-56-37)39(54)50-16-7-9-32(50)40(55)57-38/h4-6,8,10-12,15,18,22-25,27-29,32,38,51H,7,9,13-14,16-17,19-21H2,1-3H3,(H,42,52)(H,43,53)/b8-6+,12-11+,26-18+/t27-,28+,29+,32+,38+/m0/s1. The van der Waals surface area contributed by atoms with Gasteiger partial charge in [0.25, 0.3) is 5.91 Å². The Bertz CT molecular complexity index is 2140. The summed E-state index contributed by atoms with van der Waals surface area (Å²) in [5.74, 6) is -2.99. The van der Waals surface area contributed by atoms with Gasteiger partial charge in [-0.3, -0.25) is 23.5 Å². The number of cyclic esters (lactones) is 1. The first-order chi connectivity index (χ1) is 27.4. The van der Waals surface area contributed by atoms with Crippen molar-refractivity contribution in [1.29, 1.82) is 0 Å². The number of pyridine rings is 1. The molecule has 1 saturated heterocycles. The topological polar surface area (TPSA) is 199 Å². The van der Waals surface area contributed by atoms with Crippen LogP contribution in [-0.2, 0) is 32.1 Å². The monoisotopic (exact) mass is 785 g/mol. The number of carbonyl (C=O) groups is 4. The summed E-state index contributed by atoms with van der Waals surface area (Å²) in [6.07, 6.45) is 11.1. The zero-order valence-corrected chi connectivity index (χ0v) is 32.2. The van der Waals surface area contributed by atoms with Crippen LogP contribution in [0.25, 0.3) is 17.0 Å². The van der Waals surface area contributed by atoms with Gasteiger partial charge in [-0.1, -0.05) is 55.0 Å². The average molecular weight is 786 g/mol. The Hall–Kier alpha value is -5.97. The summed E-state index contributed by atoms with van der Waals surface area (Å²) in [5, 5.41) is 24.5. The van der Waals surface area contributed by atoms with Crippen molar-refractivity contribution in [2.24, 2.45) is 11.8 Å². The van der Waals surface area contributed by atoms with Gasteiger partial charge < -0.3 is 29.8 Å². The number of hydrogen-bond donors (Lipinski definition) is 3. The third kappa shape index (κ3) is 10.7. The van der Waals surface area contributed by atoms with E-state index in [2.05, 4.69) is 30.9 Å². The third-order valence-electron chi connectivity index (χ3n) is 9.81. The Morgan fingerprint density at radius 2 is 2.02 bits per heavy atom. The summed E-state index contributed by atoms with van der Waals surface area (Å²) in [4.78, 5) is 63.7. The van der Waals surface area contributed by atoms with Crippen LogP contribution in [0.5, 0.6) is 0 Å². The molecule has 2 aliphatic heterocycles. The number of rotatable bonds is 7. The Kier molecular flexibility index (Phi) is 13.4. The molecule has 0 saturated carbocycles. The number of ether oxygens (including phenoxy) is 1. The summed E-state index contributed by atoms with van der Waals surface area (Å²) in [5.41, 5.74) is 2.77. The first kappa shape index (κ1) is 40.7. The van der Waals surface area contributed by atoms with Crippen molar-refractivity contribution in [2.45, 2.75) is 83.8 Å². The second-order valence-electron chi connectivity index (χ2n) is 14.6. The first-order valence-electron chi connectivity index (χ1n) is 19.1. The van der Waals surface area contributed by atoms with E-state index < -0.39 is 48.1 Å². The van der Waals surface area contributed by atoms with Crippen molar-refractivity contribution < 1.29 is 37.8 Å². The predicted octanol–water partition coefficient (Wildman–Crippen LogP) is 3.40. The van der Waals surface area contributed by atoms with Crippen molar-refractivity contribution in [3.63, 3.8) is 0 Å². The fraction of sp³-hybridized carbons (Fsp3) is 0.450. The van der Waals surface area contributed by atoms with E-state index in [1.807, 2.05) is 42.6 Å². The lowest BCUT2D eigenvalue weighted by atomic mass is 9.89. The molecule has 57 heavy (non-hydrogen) atoms. The van der Waals surface area contributed by atoms with Crippen LogP contribution in [0.15, 0.2) is 83.4 Å². The maximum atomic E-state index is 14.9. The molecule has 3 N–H and O–H groups in total. The van der Waals surface area contributed by atoms with E-state index in [1.54, 1.807) is 42.2 Å². The first-order valence-corrected chi connectivity index (χ1v) is 19.1. The van der Waals surface area contributed by atoms with Crippen LogP contribution in [0.3, 0.4) is 0 Å². The number of amides is 3. The van der Waals surface area contributed by atoms with E-state index in [1.165, 1.54) is 17.1 Å². The molecule has 302 valence electrons. The Labute approximate surface area is 328 Å². The number of aliphatic hydroxyl groups excluding tert-OH is 1. The molecule has 3 amide bonds. The molecule has 5 atom stereocenters. The maximum Gasteiger partial charge on any atom is 0.329 e. The van der Waals surface area contributed by atoms with Crippen LogP contribution in [-0.4, -0.2) is 107 Å². The summed E-state index contributed by atoms with van der Waals surface area (Å²) in [7, 11) is 0. The van der Waals surface area contributed by atoms with Gasteiger partial charge in [0.1, 0.15) is 35.9 Å². The molecule has 16 nitrogen and oxygen atoms in total. The van der Waals surface area contributed by atoms with Crippen LogP contribution in [0.2, 0.25) is 0 Å². The van der Waals surface area contributed by atoms with Gasteiger partial charge in [0, 0.05) is 44.6 Å². The number of imidazole rings is 1. The minimum Gasteiger partial charge on any atom is -0.460 e. The number of fused-ring (bicyclic) bond motifs is 4. The molecule has 6 rings (SSSR count). The lowest BCUT2D eigenvalue weighted by Crippen LogP contribution is -2.44. The summed E-state index contributed by atoms with van der Waals surface area (Å²) in [6.45, 7) is 6.41. The largest absolute Gasteiger partial charge is 0.460 e. The zero-order valence-electron chi connectivity index (χ0n) is 32.2. The zero-order chi connectivity index (χ0) is 40.5. The Morgan fingerprint density at radius 3 is 2.84 bits per heavy atom. The maximum absolute atomic E-state index is 14.9. The van der Waals surface area contributed by atoms with Gasteiger partial charge in [-0.15, -0.1) is 5.10 Å². The van der Waals surface area contributed by atoms with E-state index in [4.69, 9.17) is 9.15 Å². The van der Waals surface area contributed by atoms with Crippen molar-refractivity contribution in [2.75, 3.05) is 19.6 Å². The third-order valence-corrected chi connectivity index (χ3v) is 9.81. The van der Waals surface area contributed by atoms with Crippen LogP contribution < -0.4 is 10.6 Å². The highest BCUT2D eigenvalue weighted by atomic mass is 19.1. The van der Waals surface area contributed by atoms with Gasteiger partial charge in [-0.25, -0.2) is 19.2 Å². The van der Waals surface area contributed by atoms with Crippen LogP contribution >= 0.6 is 0 Å². The number of carbonyl (C=O) groups excluding carboxylic acids is 4. The number of oxazole rings is 1. The molecular formula is C40H48FN9O7. The molecule has 0 spiro atoms. The highest BCUT2D eigenvalue weighted by Gasteiger charge is 2.39. The molecular weight excluding hydrogens is 737 g/mol. The van der Waals surface area contributed by atoms with Gasteiger partial charge in [0.15, 0.2) is 11.6 Å². The molecule has 17 heteroatoms. The molecule has 0 unspecified atom stereocenters. The second-order valence-corrected chi connectivity index (χ2v) is 14.6. The highest BCUT2D eigenvalue weighted by Crippen LogP contribution is 2.27. The van der Waals surface area contributed by atoms with Gasteiger partial charge in [0.2, 0.25) is 11.8 Å². The molecule has 2 aliphatic rings. The van der Waals surface area contributed by atoms with Gasteiger partial charge in [0.05, 0.1) is 37.2 Å². The Balaban J connectivity index is 1.17. The summed E-state index contributed by atoms with van der Waals surface area (Å²) in [6, 6.07) is 4.76. The molecule has 1 fully saturated rings. The molecule has 4 aromatic heterocycles.